The normalized spacial score (nSPS) is 15.9. The zero-order valence-corrected chi connectivity index (χ0v) is 18.2. The third-order valence-electron chi connectivity index (χ3n) is 3.88. The topological polar surface area (TPSA) is 58.6 Å². The summed E-state index contributed by atoms with van der Waals surface area (Å²) < 4.78 is 7.56. The first-order valence-corrected chi connectivity index (χ1v) is 9.86. The highest BCUT2D eigenvalue weighted by molar-refractivity contribution is 9.10. The zero-order valence-electron chi connectivity index (χ0n) is 14.2. The highest BCUT2D eigenvalue weighted by atomic mass is 79.9. The Morgan fingerprint density at radius 3 is 2.52 bits per heavy atom. The van der Waals surface area contributed by atoms with Crippen molar-refractivity contribution >= 4 is 67.1 Å². The molecule has 0 aliphatic carbocycles. The standard InChI is InChI=1S/C19H14Br2N2O3S/c1-23-18(25)14(17(24)22-19(23)27)8-12-4-7-16(15(21)9-12)26-10-11-2-5-13(20)6-3-11/h2-9H,10H2,1H3,(H,22,24,27). The molecule has 2 amide bonds. The molecule has 0 radical (unpaired) electrons. The molecular formula is C19H14Br2N2O3S. The lowest BCUT2D eigenvalue weighted by Gasteiger charge is -2.25. The average molecular weight is 510 g/mol. The number of likely N-dealkylation sites (N-methyl/N-ethyl adjacent to an activating group) is 1. The number of ether oxygens (including phenoxy) is 1. The summed E-state index contributed by atoms with van der Waals surface area (Å²) in [6.07, 6.45) is 1.53. The monoisotopic (exact) mass is 508 g/mol. The van der Waals surface area contributed by atoms with Gasteiger partial charge in [0.25, 0.3) is 11.8 Å². The van der Waals surface area contributed by atoms with Gasteiger partial charge >= 0.3 is 0 Å². The summed E-state index contributed by atoms with van der Waals surface area (Å²) in [5.41, 5.74) is 1.76. The molecule has 1 N–H and O–H groups in total. The molecule has 0 spiro atoms. The van der Waals surface area contributed by atoms with Crippen LogP contribution < -0.4 is 10.1 Å². The summed E-state index contributed by atoms with van der Waals surface area (Å²) in [7, 11) is 1.52. The van der Waals surface area contributed by atoms with Gasteiger partial charge in [-0.2, -0.15) is 0 Å². The molecule has 138 valence electrons. The summed E-state index contributed by atoms with van der Waals surface area (Å²) in [5, 5.41) is 2.58. The van der Waals surface area contributed by atoms with Crippen LogP contribution in [-0.2, 0) is 16.2 Å². The van der Waals surface area contributed by atoms with Crippen molar-refractivity contribution in [2.75, 3.05) is 7.05 Å². The Morgan fingerprint density at radius 2 is 1.85 bits per heavy atom. The lowest BCUT2D eigenvalue weighted by Crippen LogP contribution is -2.52. The van der Waals surface area contributed by atoms with Gasteiger partial charge in [-0.1, -0.05) is 34.1 Å². The number of rotatable bonds is 4. The van der Waals surface area contributed by atoms with E-state index in [2.05, 4.69) is 37.2 Å². The van der Waals surface area contributed by atoms with Crippen LogP contribution in [0.25, 0.3) is 6.08 Å². The Balaban J connectivity index is 1.76. The number of hydrogen-bond donors (Lipinski definition) is 1. The molecule has 1 heterocycles. The van der Waals surface area contributed by atoms with E-state index >= 15 is 0 Å². The second-order valence-electron chi connectivity index (χ2n) is 5.79. The summed E-state index contributed by atoms with van der Waals surface area (Å²) in [4.78, 5) is 25.5. The maximum atomic E-state index is 12.3. The van der Waals surface area contributed by atoms with Crippen molar-refractivity contribution < 1.29 is 14.3 Å². The molecule has 0 unspecified atom stereocenters. The van der Waals surface area contributed by atoms with E-state index < -0.39 is 11.8 Å². The van der Waals surface area contributed by atoms with Crippen molar-refractivity contribution in [3.8, 4) is 5.75 Å². The predicted molar refractivity (Wildman–Crippen MR) is 114 cm³/mol. The molecule has 2 aromatic carbocycles. The lowest BCUT2D eigenvalue weighted by atomic mass is 10.1. The average Bonchev–Trinajstić information content (AvgIpc) is 2.64. The minimum absolute atomic E-state index is 0.0292. The van der Waals surface area contributed by atoms with Crippen LogP contribution in [0.4, 0.5) is 0 Å². The van der Waals surface area contributed by atoms with Crippen LogP contribution in [0.2, 0.25) is 0 Å². The zero-order chi connectivity index (χ0) is 19.6. The molecule has 0 bridgehead atoms. The predicted octanol–water partition coefficient (Wildman–Crippen LogP) is 4.05. The van der Waals surface area contributed by atoms with Gasteiger partial charge in [-0.05, 0) is 69.6 Å². The van der Waals surface area contributed by atoms with E-state index in [-0.39, 0.29) is 10.7 Å². The molecule has 8 heteroatoms. The van der Waals surface area contributed by atoms with Crippen molar-refractivity contribution in [1.29, 1.82) is 0 Å². The number of benzene rings is 2. The summed E-state index contributed by atoms with van der Waals surface area (Å²) >= 11 is 11.8. The van der Waals surface area contributed by atoms with Gasteiger partial charge in [0.15, 0.2) is 5.11 Å². The summed E-state index contributed by atoms with van der Waals surface area (Å²) in [6.45, 7) is 0.426. The van der Waals surface area contributed by atoms with E-state index in [1.165, 1.54) is 18.0 Å². The maximum absolute atomic E-state index is 12.3. The lowest BCUT2D eigenvalue weighted by molar-refractivity contribution is -0.128. The number of amides is 2. The Hall–Kier alpha value is -2.03. The largest absolute Gasteiger partial charge is 0.488 e. The number of nitrogens with one attached hydrogen (secondary N) is 1. The molecule has 1 saturated heterocycles. The second-order valence-corrected chi connectivity index (χ2v) is 7.94. The second kappa shape index (κ2) is 8.33. The van der Waals surface area contributed by atoms with Crippen LogP contribution in [-0.4, -0.2) is 28.9 Å². The van der Waals surface area contributed by atoms with Gasteiger partial charge in [-0.3, -0.25) is 19.8 Å². The van der Waals surface area contributed by atoms with Crippen LogP contribution in [0.5, 0.6) is 5.75 Å². The van der Waals surface area contributed by atoms with E-state index in [0.717, 1.165) is 14.5 Å². The maximum Gasteiger partial charge on any atom is 0.265 e. The first-order chi connectivity index (χ1) is 12.8. The molecule has 0 atom stereocenters. The Kier molecular flexibility index (Phi) is 6.08. The fourth-order valence-corrected chi connectivity index (χ4v) is 3.33. The van der Waals surface area contributed by atoms with Crippen molar-refractivity contribution in [2.24, 2.45) is 0 Å². The van der Waals surface area contributed by atoms with Crippen LogP contribution in [0.3, 0.4) is 0 Å². The Labute approximate surface area is 178 Å². The van der Waals surface area contributed by atoms with Crippen LogP contribution in [0.1, 0.15) is 11.1 Å². The molecule has 1 fully saturated rings. The fourth-order valence-electron chi connectivity index (χ4n) is 2.38. The van der Waals surface area contributed by atoms with Gasteiger partial charge < -0.3 is 4.74 Å². The first-order valence-electron chi connectivity index (χ1n) is 7.87. The molecule has 5 nitrogen and oxygen atoms in total. The number of nitrogens with zero attached hydrogens (tertiary/aromatic N) is 1. The number of halogens is 2. The van der Waals surface area contributed by atoms with E-state index in [1.807, 2.05) is 24.3 Å². The first kappa shape index (κ1) is 19.7. The SMILES string of the molecule is CN1C(=O)C(=Cc2ccc(OCc3ccc(Br)cc3)c(Br)c2)C(=O)NC1=S. The molecule has 3 rings (SSSR count). The van der Waals surface area contributed by atoms with Crippen molar-refractivity contribution in [1.82, 2.24) is 10.2 Å². The van der Waals surface area contributed by atoms with Crippen molar-refractivity contribution in [2.45, 2.75) is 6.61 Å². The summed E-state index contributed by atoms with van der Waals surface area (Å²) in [5.74, 6) is -0.275. The van der Waals surface area contributed by atoms with Gasteiger partial charge in [-0.25, -0.2) is 0 Å². The number of thiocarbonyl (C=S) groups is 1. The highest BCUT2D eigenvalue weighted by Crippen LogP contribution is 2.28. The number of carbonyl (C=O) groups is 2. The number of hydrogen-bond acceptors (Lipinski definition) is 4. The minimum atomic E-state index is -0.505. The van der Waals surface area contributed by atoms with E-state index in [9.17, 15) is 9.59 Å². The molecule has 1 aliphatic heterocycles. The smallest absolute Gasteiger partial charge is 0.265 e. The third kappa shape index (κ3) is 4.63. The van der Waals surface area contributed by atoms with E-state index in [1.54, 1.807) is 18.2 Å². The molecule has 27 heavy (non-hydrogen) atoms. The van der Waals surface area contributed by atoms with E-state index in [4.69, 9.17) is 17.0 Å². The van der Waals surface area contributed by atoms with Crippen molar-refractivity contribution in [3.63, 3.8) is 0 Å². The van der Waals surface area contributed by atoms with Crippen LogP contribution in [0.15, 0.2) is 57.0 Å². The quantitative estimate of drug-likeness (QED) is 0.384. The van der Waals surface area contributed by atoms with Gasteiger partial charge in [0.1, 0.15) is 17.9 Å². The van der Waals surface area contributed by atoms with Gasteiger partial charge in [0, 0.05) is 11.5 Å². The molecule has 1 aliphatic rings. The van der Waals surface area contributed by atoms with E-state index in [0.29, 0.717) is 17.9 Å². The van der Waals surface area contributed by atoms with Gasteiger partial charge in [-0.15, -0.1) is 0 Å². The van der Waals surface area contributed by atoms with Crippen molar-refractivity contribution in [3.05, 3.63) is 68.1 Å². The fraction of sp³-hybridized carbons (Fsp3) is 0.105. The molecule has 0 aromatic heterocycles. The Bertz CT molecular complexity index is 958. The molecule has 2 aromatic rings. The van der Waals surface area contributed by atoms with Gasteiger partial charge in [0.2, 0.25) is 0 Å². The molecular weight excluding hydrogens is 496 g/mol. The summed E-state index contributed by atoms with van der Waals surface area (Å²) in [6, 6.07) is 13.2. The van der Waals surface area contributed by atoms with Crippen LogP contribution in [0, 0.1) is 0 Å². The third-order valence-corrected chi connectivity index (χ3v) is 5.40. The number of carbonyl (C=O) groups excluding carboxylic acids is 2. The van der Waals surface area contributed by atoms with Gasteiger partial charge in [0.05, 0.1) is 4.47 Å². The van der Waals surface area contributed by atoms with Crippen LogP contribution >= 0.6 is 44.1 Å². The Morgan fingerprint density at radius 1 is 1.15 bits per heavy atom. The minimum Gasteiger partial charge on any atom is -0.488 e. The molecule has 0 saturated carbocycles. The highest BCUT2D eigenvalue weighted by Gasteiger charge is 2.30.